The van der Waals surface area contributed by atoms with Gasteiger partial charge in [-0.2, -0.15) is 0 Å². The van der Waals surface area contributed by atoms with E-state index in [9.17, 15) is 9.59 Å². The molecule has 0 aliphatic rings. The molecule has 1 amide bonds. The first-order chi connectivity index (χ1) is 7.68. The number of fused-ring (bicyclic) bond motifs is 2. The van der Waals surface area contributed by atoms with Crippen LogP contribution in [0.3, 0.4) is 0 Å². The predicted molar refractivity (Wildman–Crippen MR) is 61.4 cm³/mol. The Morgan fingerprint density at radius 2 is 1.50 bits per heavy atom. The number of carbonyl (C=O) groups excluding carboxylic acids is 2. The summed E-state index contributed by atoms with van der Waals surface area (Å²) in [6, 6.07) is 7.71. The monoisotopic (exact) mass is 218 g/mol. The molecule has 2 heterocycles. The standard InChI is InChI=1S/C12H14N2O2/c13-11(15)3-1-2-4-12(16)14-9-5-6-10(14)8-7-9/h5-8H,1-4H2,(H2,13,15). The zero-order chi connectivity index (χ0) is 11.5. The van der Waals surface area contributed by atoms with Crippen molar-refractivity contribution in [1.82, 2.24) is 4.57 Å². The second-order valence-electron chi connectivity index (χ2n) is 3.92. The lowest BCUT2D eigenvalue weighted by Crippen LogP contribution is -2.11. The molecular formula is C12H14N2O2. The third-order valence-corrected chi connectivity index (χ3v) is 2.68. The van der Waals surface area contributed by atoms with Gasteiger partial charge in [0.25, 0.3) is 0 Å². The van der Waals surface area contributed by atoms with E-state index in [1.807, 2.05) is 24.3 Å². The molecule has 2 rings (SSSR count). The fourth-order valence-corrected chi connectivity index (χ4v) is 1.88. The summed E-state index contributed by atoms with van der Waals surface area (Å²) in [5, 5.41) is 0. The van der Waals surface area contributed by atoms with Crippen molar-refractivity contribution in [2.24, 2.45) is 5.73 Å². The van der Waals surface area contributed by atoms with Gasteiger partial charge in [0.2, 0.25) is 11.8 Å². The van der Waals surface area contributed by atoms with E-state index in [4.69, 9.17) is 5.73 Å². The molecule has 2 bridgehead atoms. The number of benzene rings is 1. The number of carbonyl (C=O) groups is 2. The van der Waals surface area contributed by atoms with E-state index >= 15 is 0 Å². The molecule has 0 aromatic carbocycles. The van der Waals surface area contributed by atoms with E-state index in [0.717, 1.165) is 11.0 Å². The van der Waals surface area contributed by atoms with Gasteiger partial charge >= 0.3 is 0 Å². The SMILES string of the molecule is NC(=O)CCCCC(=O)n1c2ccc1cc2. The second-order valence-corrected chi connectivity index (χ2v) is 3.92. The molecule has 0 fully saturated rings. The molecule has 0 saturated carbocycles. The van der Waals surface area contributed by atoms with Gasteiger partial charge in [0.1, 0.15) is 0 Å². The van der Waals surface area contributed by atoms with Crippen molar-refractivity contribution in [3.8, 4) is 0 Å². The summed E-state index contributed by atoms with van der Waals surface area (Å²) in [7, 11) is 0. The van der Waals surface area contributed by atoms with E-state index in [1.54, 1.807) is 4.57 Å². The van der Waals surface area contributed by atoms with Crippen LogP contribution in [0.5, 0.6) is 0 Å². The van der Waals surface area contributed by atoms with Gasteiger partial charge in [0, 0.05) is 23.9 Å². The molecule has 0 atom stereocenters. The van der Waals surface area contributed by atoms with Crippen LogP contribution in [0.4, 0.5) is 0 Å². The first kappa shape index (κ1) is 10.7. The molecule has 2 aromatic heterocycles. The molecule has 16 heavy (non-hydrogen) atoms. The number of unbranched alkanes of at least 4 members (excludes halogenated alkanes) is 1. The number of nitrogens with two attached hydrogens (primary N) is 1. The van der Waals surface area contributed by atoms with Crippen molar-refractivity contribution in [2.75, 3.05) is 0 Å². The normalized spacial score (nSPS) is 11.0. The third-order valence-electron chi connectivity index (χ3n) is 2.68. The highest BCUT2D eigenvalue weighted by Gasteiger charge is 2.11. The maximum absolute atomic E-state index is 11.8. The molecule has 2 N–H and O–H groups in total. The smallest absolute Gasteiger partial charge is 0.231 e. The molecule has 0 aliphatic carbocycles. The number of hydrogen-bond donors (Lipinski definition) is 1. The maximum atomic E-state index is 11.8. The molecule has 0 radical (unpaired) electrons. The molecule has 84 valence electrons. The van der Waals surface area contributed by atoms with Crippen molar-refractivity contribution in [3.05, 3.63) is 24.3 Å². The highest BCUT2D eigenvalue weighted by molar-refractivity contribution is 5.92. The minimum Gasteiger partial charge on any atom is -0.370 e. The van der Waals surface area contributed by atoms with Crippen LogP contribution >= 0.6 is 0 Å². The molecule has 2 aromatic rings. The Labute approximate surface area is 93.4 Å². The predicted octanol–water partition coefficient (Wildman–Crippen LogP) is 1.76. The number of primary amides is 1. The highest BCUT2D eigenvalue weighted by Crippen LogP contribution is 2.17. The molecule has 0 saturated heterocycles. The Morgan fingerprint density at radius 1 is 1.00 bits per heavy atom. The first-order valence-electron chi connectivity index (χ1n) is 5.40. The van der Waals surface area contributed by atoms with Crippen LogP contribution in [0, 0.1) is 0 Å². The van der Waals surface area contributed by atoms with Crippen LogP contribution in [-0.4, -0.2) is 16.4 Å². The van der Waals surface area contributed by atoms with Crippen LogP contribution in [0.25, 0.3) is 11.0 Å². The molecule has 0 aliphatic heterocycles. The minimum atomic E-state index is -0.305. The van der Waals surface area contributed by atoms with Gasteiger partial charge in [-0.1, -0.05) is 0 Å². The van der Waals surface area contributed by atoms with Crippen molar-refractivity contribution >= 4 is 22.8 Å². The van der Waals surface area contributed by atoms with E-state index in [2.05, 4.69) is 0 Å². The van der Waals surface area contributed by atoms with Gasteiger partial charge in [0.05, 0.1) is 0 Å². The Balaban J connectivity index is 1.87. The number of amides is 1. The fraction of sp³-hybridized carbons (Fsp3) is 0.333. The van der Waals surface area contributed by atoms with E-state index in [-0.39, 0.29) is 11.8 Å². The average Bonchev–Trinajstić information content (AvgIpc) is 2.83. The lowest BCUT2D eigenvalue weighted by atomic mass is 10.2. The summed E-state index contributed by atoms with van der Waals surface area (Å²) < 4.78 is 1.71. The zero-order valence-electron chi connectivity index (χ0n) is 8.98. The van der Waals surface area contributed by atoms with Crippen LogP contribution in [0.2, 0.25) is 0 Å². The molecule has 4 nitrogen and oxygen atoms in total. The number of nitrogens with zero attached hydrogens (tertiary/aromatic N) is 1. The Kier molecular flexibility index (Phi) is 2.90. The topological polar surface area (TPSA) is 65.1 Å². The fourth-order valence-electron chi connectivity index (χ4n) is 1.88. The summed E-state index contributed by atoms with van der Waals surface area (Å²) in [6.07, 6.45) is 2.21. The van der Waals surface area contributed by atoms with Crippen LogP contribution < -0.4 is 5.73 Å². The Bertz CT molecular complexity index is 453. The van der Waals surface area contributed by atoms with Crippen molar-refractivity contribution < 1.29 is 9.59 Å². The van der Waals surface area contributed by atoms with Gasteiger partial charge in [-0.15, -0.1) is 0 Å². The number of aromatic nitrogens is 1. The second kappa shape index (κ2) is 4.35. The van der Waals surface area contributed by atoms with Gasteiger partial charge < -0.3 is 5.73 Å². The van der Waals surface area contributed by atoms with Gasteiger partial charge in [0.15, 0.2) is 0 Å². The summed E-state index contributed by atoms with van der Waals surface area (Å²) >= 11 is 0. The zero-order valence-corrected chi connectivity index (χ0v) is 8.98. The Morgan fingerprint density at radius 3 is 2.00 bits per heavy atom. The minimum absolute atomic E-state index is 0.0875. The Hall–Kier alpha value is -1.84. The van der Waals surface area contributed by atoms with E-state index in [0.29, 0.717) is 25.7 Å². The van der Waals surface area contributed by atoms with E-state index in [1.165, 1.54) is 0 Å². The first-order valence-corrected chi connectivity index (χ1v) is 5.40. The van der Waals surface area contributed by atoms with Gasteiger partial charge in [-0.05, 0) is 37.1 Å². The van der Waals surface area contributed by atoms with Crippen LogP contribution in [0.1, 0.15) is 30.5 Å². The average molecular weight is 218 g/mol. The van der Waals surface area contributed by atoms with Crippen molar-refractivity contribution in [3.63, 3.8) is 0 Å². The molecule has 0 spiro atoms. The van der Waals surface area contributed by atoms with Crippen LogP contribution in [0.15, 0.2) is 24.3 Å². The van der Waals surface area contributed by atoms with E-state index < -0.39 is 0 Å². The molecular weight excluding hydrogens is 204 g/mol. The molecule has 4 heteroatoms. The summed E-state index contributed by atoms with van der Waals surface area (Å²) in [5.41, 5.74) is 6.90. The van der Waals surface area contributed by atoms with Crippen molar-refractivity contribution in [1.29, 1.82) is 0 Å². The van der Waals surface area contributed by atoms with Crippen molar-refractivity contribution in [2.45, 2.75) is 25.7 Å². The summed E-state index contributed by atoms with van der Waals surface area (Å²) in [5.74, 6) is -0.217. The lowest BCUT2D eigenvalue weighted by Gasteiger charge is -2.02. The van der Waals surface area contributed by atoms with Gasteiger partial charge in [-0.3, -0.25) is 14.2 Å². The maximum Gasteiger partial charge on any atom is 0.231 e. The third kappa shape index (κ3) is 2.05. The largest absolute Gasteiger partial charge is 0.370 e. The summed E-state index contributed by atoms with van der Waals surface area (Å²) in [6.45, 7) is 0. The number of rotatable bonds is 5. The highest BCUT2D eigenvalue weighted by atomic mass is 16.2. The number of hydrogen-bond acceptors (Lipinski definition) is 2. The molecule has 0 unspecified atom stereocenters. The lowest BCUT2D eigenvalue weighted by molar-refractivity contribution is -0.118. The van der Waals surface area contributed by atoms with Gasteiger partial charge in [-0.25, -0.2) is 0 Å². The quantitative estimate of drug-likeness (QED) is 0.777. The summed E-state index contributed by atoms with van der Waals surface area (Å²) in [4.78, 5) is 22.4. The van der Waals surface area contributed by atoms with Crippen LogP contribution in [-0.2, 0) is 4.79 Å².